The van der Waals surface area contributed by atoms with Gasteiger partial charge >= 0.3 is 0 Å². The van der Waals surface area contributed by atoms with E-state index in [1.807, 2.05) is 23.9 Å². The van der Waals surface area contributed by atoms with Crippen molar-refractivity contribution < 1.29 is 4.74 Å². The predicted octanol–water partition coefficient (Wildman–Crippen LogP) is 1.77. The van der Waals surface area contributed by atoms with Gasteiger partial charge in [0.25, 0.3) is 0 Å². The Hall–Kier alpha value is -1.36. The van der Waals surface area contributed by atoms with Crippen LogP contribution in [0.5, 0.6) is 5.75 Å². The van der Waals surface area contributed by atoms with Gasteiger partial charge < -0.3 is 15.4 Å². The lowest BCUT2D eigenvalue weighted by Crippen LogP contribution is -2.39. The maximum atomic E-state index is 5.14. The third-order valence-corrected chi connectivity index (χ3v) is 3.30. The first-order valence-corrected chi connectivity index (χ1v) is 7.76. The summed E-state index contributed by atoms with van der Waals surface area (Å²) in [6.45, 7) is 1.80. The topological polar surface area (TPSA) is 45.7 Å². The summed E-state index contributed by atoms with van der Waals surface area (Å²) in [6.07, 6.45) is 3.06. The van der Waals surface area contributed by atoms with Crippen molar-refractivity contribution in [3.8, 4) is 5.75 Å². The van der Waals surface area contributed by atoms with E-state index in [4.69, 9.17) is 4.74 Å². The average Bonchev–Trinajstić information content (AvgIpc) is 2.46. The molecule has 19 heavy (non-hydrogen) atoms. The Bertz CT molecular complexity index is 379. The molecule has 4 nitrogen and oxygen atoms in total. The van der Waals surface area contributed by atoms with Gasteiger partial charge in [-0.1, -0.05) is 12.1 Å². The Balaban J connectivity index is 2.27. The molecule has 1 rings (SSSR count). The number of ether oxygens (including phenoxy) is 1. The number of nitrogens with zero attached hydrogens (tertiary/aromatic N) is 1. The zero-order chi connectivity index (χ0) is 13.9. The smallest absolute Gasteiger partial charge is 0.191 e. The van der Waals surface area contributed by atoms with Crippen molar-refractivity contribution in [2.24, 2.45) is 4.99 Å². The molecule has 0 aliphatic rings. The number of rotatable bonds is 7. The third kappa shape index (κ3) is 6.38. The largest absolute Gasteiger partial charge is 0.497 e. The molecule has 0 amide bonds. The molecule has 0 spiro atoms. The molecule has 0 aromatic heterocycles. The Morgan fingerprint density at radius 3 is 2.47 bits per heavy atom. The van der Waals surface area contributed by atoms with Crippen LogP contribution in [0.3, 0.4) is 0 Å². The fourth-order valence-corrected chi connectivity index (χ4v) is 1.92. The van der Waals surface area contributed by atoms with Crippen molar-refractivity contribution in [3.63, 3.8) is 0 Å². The van der Waals surface area contributed by atoms with E-state index in [1.54, 1.807) is 14.2 Å². The van der Waals surface area contributed by atoms with Gasteiger partial charge in [0.1, 0.15) is 5.75 Å². The molecular weight excluding hydrogens is 258 g/mol. The van der Waals surface area contributed by atoms with Crippen LogP contribution in [0.2, 0.25) is 0 Å². The fourth-order valence-electron chi connectivity index (χ4n) is 1.61. The summed E-state index contributed by atoms with van der Waals surface area (Å²) in [6, 6.07) is 8.15. The Morgan fingerprint density at radius 1 is 1.21 bits per heavy atom. The number of nitrogens with one attached hydrogen (secondary N) is 2. The van der Waals surface area contributed by atoms with Crippen molar-refractivity contribution >= 4 is 17.7 Å². The molecule has 2 N–H and O–H groups in total. The van der Waals surface area contributed by atoms with E-state index in [9.17, 15) is 0 Å². The molecule has 0 unspecified atom stereocenters. The fraction of sp³-hybridized carbons (Fsp3) is 0.500. The van der Waals surface area contributed by atoms with E-state index in [0.717, 1.165) is 37.0 Å². The number of thioether (sulfide) groups is 1. The minimum absolute atomic E-state index is 0.863. The summed E-state index contributed by atoms with van der Waals surface area (Å²) < 4.78 is 5.14. The van der Waals surface area contributed by atoms with Crippen LogP contribution in [0.15, 0.2) is 29.3 Å². The Labute approximate surface area is 120 Å². The second kappa shape index (κ2) is 9.55. The highest BCUT2D eigenvalue weighted by Gasteiger charge is 1.98. The maximum Gasteiger partial charge on any atom is 0.191 e. The lowest BCUT2D eigenvalue weighted by molar-refractivity contribution is 0.414. The van der Waals surface area contributed by atoms with Crippen molar-refractivity contribution in [1.82, 2.24) is 10.6 Å². The van der Waals surface area contributed by atoms with Gasteiger partial charge in [-0.05, 0) is 30.4 Å². The van der Waals surface area contributed by atoms with Crippen molar-refractivity contribution in [1.29, 1.82) is 0 Å². The highest BCUT2D eigenvalue weighted by atomic mass is 32.2. The first-order valence-electron chi connectivity index (χ1n) is 6.36. The molecule has 0 fully saturated rings. The quantitative estimate of drug-likeness (QED) is 0.454. The van der Waals surface area contributed by atoms with Gasteiger partial charge in [-0.3, -0.25) is 4.99 Å². The van der Waals surface area contributed by atoms with Crippen molar-refractivity contribution in [2.45, 2.75) is 6.42 Å². The summed E-state index contributed by atoms with van der Waals surface area (Å²) in [5.41, 5.74) is 1.29. The molecule has 0 aliphatic carbocycles. The highest BCUT2D eigenvalue weighted by molar-refractivity contribution is 7.98. The maximum absolute atomic E-state index is 5.14. The van der Waals surface area contributed by atoms with E-state index >= 15 is 0 Å². The van der Waals surface area contributed by atoms with Crippen LogP contribution in [0.1, 0.15) is 5.56 Å². The summed E-state index contributed by atoms with van der Waals surface area (Å²) in [5, 5.41) is 6.58. The Kier molecular flexibility index (Phi) is 7.89. The molecular formula is C14H23N3OS. The van der Waals surface area contributed by atoms with Crippen LogP contribution >= 0.6 is 11.8 Å². The van der Waals surface area contributed by atoms with E-state index in [1.165, 1.54) is 5.56 Å². The van der Waals surface area contributed by atoms with Crippen molar-refractivity contribution in [2.75, 3.05) is 39.3 Å². The molecule has 106 valence electrons. The van der Waals surface area contributed by atoms with Crippen LogP contribution in [0, 0.1) is 0 Å². The second-order valence-electron chi connectivity index (χ2n) is 4.02. The SMILES string of the molecule is CN=C(NCCSC)NCCc1ccc(OC)cc1. The lowest BCUT2D eigenvalue weighted by Gasteiger charge is -2.11. The number of aliphatic imine (C=N–C) groups is 1. The molecule has 0 heterocycles. The Morgan fingerprint density at radius 2 is 1.89 bits per heavy atom. The van der Waals surface area contributed by atoms with Gasteiger partial charge in [-0.25, -0.2) is 0 Å². The van der Waals surface area contributed by atoms with Gasteiger partial charge in [-0.2, -0.15) is 11.8 Å². The third-order valence-electron chi connectivity index (χ3n) is 2.69. The van der Waals surface area contributed by atoms with E-state index in [2.05, 4.69) is 34.0 Å². The van der Waals surface area contributed by atoms with Crippen molar-refractivity contribution in [3.05, 3.63) is 29.8 Å². The van der Waals surface area contributed by atoms with E-state index in [-0.39, 0.29) is 0 Å². The molecule has 0 radical (unpaired) electrons. The number of hydrogen-bond donors (Lipinski definition) is 2. The predicted molar refractivity (Wildman–Crippen MR) is 84.4 cm³/mol. The minimum Gasteiger partial charge on any atom is -0.497 e. The molecule has 0 aliphatic heterocycles. The van der Waals surface area contributed by atoms with Crippen LogP contribution in [-0.2, 0) is 6.42 Å². The molecule has 1 aromatic carbocycles. The summed E-state index contributed by atoms with van der Waals surface area (Å²) >= 11 is 1.82. The van der Waals surface area contributed by atoms with Gasteiger partial charge in [0, 0.05) is 25.9 Å². The van der Waals surface area contributed by atoms with Gasteiger partial charge in [0.15, 0.2) is 5.96 Å². The minimum atomic E-state index is 0.863. The van der Waals surface area contributed by atoms with E-state index in [0.29, 0.717) is 0 Å². The number of benzene rings is 1. The lowest BCUT2D eigenvalue weighted by atomic mass is 10.1. The molecule has 5 heteroatoms. The second-order valence-corrected chi connectivity index (χ2v) is 5.00. The summed E-state index contributed by atoms with van der Waals surface area (Å²) in [4.78, 5) is 4.18. The zero-order valence-electron chi connectivity index (χ0n) is 11.9. The van der Waals surface area contributed by atoms with Gasteiger partial charge in [0.05, 0.1) is 7.11 Å². The molecule has 1 aromatic rings. The number of hydrogen-bond acceptors (Lipinski definition) is 3. The summed E-state index contributed by atoms with van der Waals surface area (Å²) in [5.74, 6) is 2.84. The zero-order valence-corrected chi connectivity index (χ0v) is 12.7. The number of methoxy groups -OCH3 is 1. The molecule has 0 atom stereocenters. The van der Waals surface area contributed by atoms with E-state index < -0.39 is 0 Å². The van der Waals surface area contributed by atoms with Gasteiger partial charge in [-0.15, -0.1) is 0 Å². The van der Waals surface area contributed by atoms with Crippen LogP contribution in [0.25, 0.3) is 0 Å². The highest BCUT2D eigenvalue weighted by Crippen LogP contribution is 2.11. The first-order chi connectivity index (χ1) is 9.30. The standard InChI is InChI=1S/C14H23N3OS/c1-15-14(17-10-11-19-3)16-9-8-12-4-6-13(18-2)7-5-12/h4-7H,8-11H2,1-3H3,(H2,15,16,17). The van der Waals surface area contributed by atoms with Gasteiger partial charge in [0.2, 0.25) is 0 Å². The van der Waals surface area contributed by atoms with Crippen LogP contribution in [0.4, 0.5) is 0 Å². The average molecular weight is 281 g/mol. The molecule has 0 saturated carbocycles. The van der Waals surface area contributed by atoms with Crippen LogP contribution in [-0.4, -0.2) is 45.2 Å². The molecule has 0 saturated heterocycles. The van der Waals surface area contributed by atoms with Crippen LogP contribution < -0.4 is 15.4 Å². The molecule has 0 bridgehead atoms. The first kappa shape index (κ1) is 15.7. The number of guanidine groups is 1. The normalized spacial score (nSPS) is 11.2. The summed E-state index contributed by atoms with van der Waals surface area (Å²) in [7, 11) is 3.47. The monoisotopic (exact) mass is 281 g/mol.